The SMILES string of the molecule is CCC(CC#N)NOC1CCCC1. The maximum absolute atomic E-state index is 8.51. The van der Waals surface area contributed by atoms with Crippen LogP contribution in [-0.4, -0.2) is 12.1 Å². The molecule has 3 heteroatoms. The molecule has 0 amide bonds. The van der Waals surface area contributed by atoms with E-state index in [2.05, 4.69) is 18.5 Å². The fourth-order valence-electron chi connectivity index (χ4n) is 1.58. The Morgan fingerprint density at radius 3 is 2.77 bits per heavy atom. The van der Waals surface area contributed by atoms with Gasteiger partial charge in [-0.15, -0.1) is 0 Å². The monoisotopic (exact) mass is 182 g/mol. The van der Waals surface area contributed by atoms with Gasteiger partial charge in [-0.05, 0) is 19.3 Å². The molecule has 1 aliphatic rings. The van der Waals surface area contributed by atoms with Gasteiger partial charge in [0.1, 0.15) is 0 Å². The largest absolute Gasteiger partial charge is 0.298 e. The zero-order chi connectivity index (χ0) is 9.52. The highest BCUT2D eigenvalue weighted by Gasteiger charge is 2.16. The molecule has 1 aliphatic carbocycles. The lowest BCUT2D eigenvalue weighted by atomic mass is 10.2. The number of hydrogen-bond acceptors (Lipinski definition) is 3. The Kier molecular flexibility index (Phi) is 4.81. The molecule has 0 bridgehead atoms. The van der Waals surface area contributed by atoms with Crippen LogP contribution in [0, 0.1) is 11.3 Å². The lowest BCUT2D eigenvalue weighted by molar-refractivity contribution is -0.0399. The lowest BCUT2D eigenvalue weighted by Gasteiger charge is -2.17. The van der Waals surface area contributed by atoms with Crippen molar-refractivity contribution in [3.05, 3.63) is 0 Å². The molecule has 0 aromatic heterocycles. The van der Waals surface area contributed by atoms with E-state index in [0.717, 1.165) is 19.3 Å². The molecule has 0 spiro atoms. The maximum Gasteiger partial charge on any atom is 0.0790 e. The third-order valence-corrected chi connectivity index (χ3v) is 2.53. The molecule has 13 heavy (non-hydrogen) atoms. The van der Waals surface area contributed by atoms with Gasteiger partial charge in [0.05, 0.1) is 18.6 Å². The topological polar surface area (TPSA) is 45.0 Å². The fourth-order valence-corrected chi connectivity index (χ4v) is 1.58. The van der Waals surface area contributed by atoms with Gasteiger partial charge in [-0.1, -0.05) is 19.8 Å². The van der Waals surface area contributed by atoms with Crippen LogP contribution in [-0.2, 0) is 4.84 Å². The van der Waals surface area contributed by atoms with Crippen molar-refractivity contribution in [3.63, 3.8) is 0 Å². The molecule has 1 rings (SSSR count). The third kappa shape index (κ3) is 3.75. The van der Waals surface area contributed by atoms with E-state index in [9.17, 15) is 0 Å². The molecule has 1 saturated carbocycles. The highest BCUT2D eigenvalue weighted by Crippen LogP contribution is 2.20. The molecule has 0 saturated heterocycles. The van der Waals surface area contributed by atoms with Crippen molar-refractivity contribution >= 4 is 0 Å². The van der Waals surface area contributed by atoms with E-state index in [1.54, 1.807) is 0 Å². The summed E-state index contributed by atoms with van der Waals surface area (Å²) in [6.07, 6.45) is 6.74. The number of nitrogens with zero attached hydrogens (tertiary/aromatic N) is 1. The minimum atomic E-state index is 0.200. The van der Waals surface area contributed by atoms with Crippen molar-refractivity contribution < 1.29 is 4.84 Å². The maximum atomic E-state index is 8.51. The molecule has 1 fully saturated rings. The van der Waals surface area contributed by atoms with Crippen molar-refractivity contribution in [2.24, 2.45) is 0 Å². The Balaban J connectivity index is 2.11. The van der Waals surface area contributed by atoms with E-state index in [4.69, 9.17) is 10.1 Å². The Bertz CT molecular complexity index is 170. The highest BCUT2D eigenvalue weighted by atomic mass is 16.7. The summed E-state index contributed by atoms with van der Waals surface area (Å²) >= 11 is 0. The Morgan fingerprint density at radius 1 is 1.54 bits per heavy atom. The van der Waals surface area contributed by atoms with E-state index in [1.807, 2.05) is 0 Å². The molecule has 0 aromatic carbocycles. The molecular weight excluding hydrogens is 164 g/mol. The second-order valence-electron chi connectivity index (χ2n) is 3.61. The first-order chi connectivity index (χ1) is 6.36. The van der Waals surface area contributed by atoms with Crippen LogP contribution < -0.4 is 5.48 Å². The van der Waals surface area contributed by atoms with E-state index in [-0.39, 0.29) is 6.04 Å². The summed E-state index contributed by atoms with van der Waals surface area (Å²) < 4.78 is 0. The summed E-state index contributed by atoms with van der Waals surface area (Å²) in [5, 5.41) is 8.51. The molecule has 1 unspecified atom stereocenters. The molecule has 0 heterocycles. The second kappa shape index (κ2) is 5.95. The highest BCUT2D eigenvalue weighted by molar-refractivity contribution is 4.78. The minimum Gasteiger partial charge on any atom is -0.298 e. The summed E-state index contributed by atoms with van der Waals surface area (Å²) in [5.41, 5.74) is 2.99. The van der Waals surface area contributed by atoms with E-state index in [0.29, 0.717) is 12.5 Å². The summed E-state index contributed by atoms with van der Waals surface area (Å²) in [5.74, 6) is 0. The molecule has 0 radical (unpaired) electrons. The Morgan fingerprint density at radius 2 is 2.23 bits per heavy atom. The zero-order valence-electron chi connectivity index (χ0n) is 8.25. The molecule has 0 aliphatic heterocycles. The van der Waals surface area contributed by atoms with Gasteiger partial charge < -0.3 is 0 Å². The summed E-state index contributed by atoms with van der Waals surface area (Å²) in [7, 11) is 0. The average Bonchev–Trinajstić information content (AvgIpc) is 2.64. The Hall–Kier alpha value is -0.590. The number of nitriles is 1. The van der Waals surface area contributed by atoms with E-state index < -0.39 is 0 Å². The first kappa shape index (κ1) is 10.5. The van der Waals surface area contributed by atoms with Crippen LogP contribution in [0.5, 0.6) is 0 Å². The van der Waals surface area contributed by atoms with Gasteiger partial charge in [0.2, 0.25) is 0 Å². The van der Waals surface area contributed by atoms with Gasteiger partial charge in [-0.2, -0.15) is 10.7 Å². The van der Waals surface area contributed by atoms with Crippen molar-refractivity contribution in [2.45, 2.75) is 57.6 Å². The van der Waals surface area contributed by atoms with Crippen LogP contribution in [0.1, 0.15) is 45.4 Å². The third-order valence-electron chi connectivity index (χ3n) is 2.53. The van der Waals surface area contributed by atoms with Gasteiger partial charge in [0.15, 0.2) is 0 Å². The average molecular weight is 182 g/mol. The molecule has 1 N–H and O–H groups in total. The van der Waals surface area contributed by atoms with Crippen LogP contribution in [0.3, 0.4) is 0 Å². The number of nitrogens with one attached hydrogen (secondary N) is 1. The fraction of sp³-hybridized carbons (Fsp3) is 0.900. The van der Waals surface area contributed by atoms with Crippen LogP contribution in [0.2, 0.25) is 0 Å². The van der Waals surface area contributed by atoms with E-state index in [1.165, 1.54) is 12.8 Å². The van der Waals surface area contributed by atoms with Crippen LogP contribution in [0.4, 0.5) is 0 Å². The summed E-state index contributed by atoms with van der Waals surface area (Å²) in [6, 6.07) is 2.35. The van der Waals surface area contributed by atoms with Gasteiger partial charge in [-0.25, -0.2) is 0 Å². The predicted octanol–water partition coefficient (Wildman–Crippen LogP) is 2.14. The van der Waals surface area contributed by atoms with Crippen molar-refractivity contribution in [1.82, 2.24) is 5.48 Å². The second-order valence-corrected chi connectivity index (χ2v) is 3.61. The number of rotatable bonds is 5. The van der Waals surface area contributed by atoms with Crippen molar-refractivity contribution in [2.75, 3.05) is 0 Å². The first-order valence-corrected chi connectivity index (χ1v) is 5.15. The van der Waals surface area contributed by atoms with E-state index >= 15 is 0 Å². The van der Waals surface area contributed by atoms with Gasteiger partial charge in [0, 0.05) is 6.04 Å². The molecule has 0 aromatic rings. The summed E-state index contributed by atoms with van der Waals surface area (Å²) in [4.78, 5) is 5.51. The van der Waals surface area contributed by atoms with Gasteiger partial charge >= 0.3 is 0 Å². The number of hydrogen-bond donors (Lipinski definition) is 1. The Labute approximate surface area is 80.0 Å². The predicted molar refractivity (Wildman–Crippen MR) is 50.8 cm³/mol. The summed E-state index contributed by atoms with van der Waals surface area (Å²) in [6.45, 7) is 2.06. The van der Waals surface area contributed by atoms with Gasteiger partial charge in [-0.3, -0.25) is 4.84 Å². The molecule has 3 nitrogen and oxygen atoms in total. The van der Waals surface area contributed by atoms with Crippen molar-refractivity contribution in [3.8, 4) is 6.07 Å². The standard InChI is InChI=1S/C10H18N2O/c1-2-9(7-8-11)12-13-10-5-3-4-6-10/h9-10,12H,2-7H2,1H3. The molecule has 1 atom stereocenters. The number of hydroxylamine groups is 1. The molecular formula is C10H18N2O. The smallest absolute Gasteiger partial charge is 0.0790 e. The van der Waals surface area contributed by atoms with Gasteiger partial charge in [0.25, 0.3) is 0 Å². The lowest BCUT2D eigenvalue weighted by Crippen LogP contribution is -2.31. The normalized spacial score (nSPS) is 20.0. The quantitative estimate of drug-likeness (QED) is 0.662. The van der Waals surface area contributed by atoms with Crippen LogP contribution in [0.15, 0.2) is 0 Å². The van der Waals surface area contributed by atoms with Crippen LogP contribution >= 0.6 is 0 Å². The van der Waals surface area contributed by atoms with Crippen LogP contribution in [0.25, 0.3) is 0 Å². The zero-order valence-corrected chi connectivity index (χ0v) is 8.25. The molecule has 74 valence electrons. The minimum absolute atomic E-state index is 0.200. The first-order valence-electron chi connectivity index (χ1n) is 5.15. The van der Waals surface area contributed by atoms with Crippen molar-refractivity contribution in [1.29, 1.82) is 5.26 Å².